The number of hydrogen-bond acceptors (Lipinski definition) is 5. The first-order chi connectivity index (χ1) is 12.9. The lowest BCUT2D eigenvalue weighted by Gasteiger charge is -2.11. The van der Waals surface area contributed by atoms with E-state index in [1.807, 2.05) is 18.2 Å². The summed E-state index contributed by atoms with van der Waals surface area (Å²) >= 11 is 5.83. The van der Waals surface area contributed by atoms with Gasteiger partial charge >= 0.3 is 0 Å². The fourth-order valence-electron chi connectivity index (χ4n) is 2.40. The molecule has 0 unspecified atom stereocenters. The first kappa shape index (κ1) is 20.4. The van der Waals surface area contributed by atoms with E-state index >= 15 is 0 Å². The first-order valence-corrected chi connectivity index (χ1v) is 8.52. The van der Waals surface area contributed by atoms with Crippen LogP contribution in [0.5, 0.6) is 17.2 Å². The van der Waals surface area contributed by atoms with Crippen molar-refractivity contribution in [3.63, 3.8) is 0 Å². The molecule has 0 spiro atoms. The highest BCUT2D eigenvalue weighted by Gasteiger charge is 2.12. The van der Waals surface area contributed by atoms with E-state index in [9.17, 15) is 9.59 Å². The molecule has 2 amide bonds. The number of halogens is 1. The molecule has 0 atom stereocenters. The number of carbonyl (C=O) groups is 2. The lowest BCUT2D eigenvalue weighted by molar-refractivity contribution is -0.123. The summed E-state index contributed by atoms with van der Waals surface area (Å²) in [6.45, 7) is 0.175. The Labute approximate surface area is 162 Å². The van der Waals surface area contributed by atoms with E-state index in [0.29, 0.717) is 29.5 Å². The van der Waals surface area contributed by atoms with Gasteiger partial charge < -0.3 is 25.3 Å². The average Bonchev–Trinajstić information content (AvgIpc) is 2.66. The number of carbonyl (C=O) groups excluding carboxylic acids is 2. The Balaban J connectivity index is 1.84. The Kier molecular flexibility index (Phi) is 7.31. The molecule has 7 nitrogen and oxygen atoms in total. The highest BCUT2D eigenvalue weighted by molar-refractivity contribution is 6.31. The quantitative estimate of drug-likeness (QED) is 0.681. The van der Waals surface area contributed by atoms with Crippen molar-refractivity contribution in [3.8, 4) is 17.2 Å². The van der Waals surface area contributed by atoms with E-state index in [1.54, 1.807) is 20.3 Å². The number of nitrogens with two attached hydrogens (primary N) is 1. The van der Waals surface area contributed by atoms with Crippen molar-refractivity contribution in [2.24, 2.45) is 5.73 Å². The molecule has 3 N–H and O–H groups in total. The van der Waals surface area contributed by atoms with Crippen molar-refractivity contribution in [1.82, 2.24) is 5.32 Å². The Bertz CT molecular complexity index is 826. The summed E-state index contributed by atoms with van der Waals surface area (Å²) in [5.41, 5.74) is 6.40. The van der Waals surface area contributed by atoms with E-state index in [2.05, 4.69) is 5.32 Å². The molecule has 0 saturated heterocycles. The summed E-state index contributed by atoms with van der Waals surface area (Å²) in [6.07, 6.45) is 0.611. The fourth-order valence-corrected chi connectivity index (χ4v) is 2.57. The minimum absolute atomic E-state index is 0.126. The second kappa shape index (κ2) is 9.68. The van der Waals surface area contributed by atoms with Crippen molar-refractivity contribution in [2.75, 3.05) is 27.4 Å². The summed E-state index contributed by atoms with van der Waals surface area (Å²) < 4.78 is 15.8. The Morgan fingerprint density at radius 1 is 1.04 bits per heavy atom. The summed E-state index contributed by atoms with van der Waals surface area (Å²) in [5.74, 6) is 0.488. The summed E-state index contributed by atoms with van der Waals surface area (Å²) in [4.78, 5) is 23.4. The maximum atomic E-state index is 12.0. The standard InChI is InChI=1S/C19H21ClN2O5/c1-25-16-5-3-12(9-17(16)26-2)7-8-22-18(23)11-27-15-6-4-13(20)10-14(15)19(21)24/h3-6,9-10H,7-8,11H2,1-2H3,(H2,21,24)(H,22,23). The van der Waals surface area contributed by atoms with Gasteiger partial charge in [0.25, 0.3) is 11.8 Å². The summed E-state index contributed by atoms with van der Waals surface area (Å²) in [7, 11) is 3.14. The average molecular weight is 393 g/mol. The molecule has 144 valence electrons. The number of benzene rings is 2. The van der Waals surface area contributed by atoms with E-state index in [-0.39, 0.29) is 23.8 Å². The molecule has 0 aliphatic carbocycles. The van der Waals surface area contributed by atoms with Gasteiger partial charge in [0.05, 0.1) is 19.8 Å². The zero-order chi connectivity index (χ0) is 19.8. The molecule has 8 heteroatoms. The van der Waals surface area contributed by atoms with E-state index in [1.165, 1.54) is 12.1 Å². The third-order valence-electron chi connectivity index (χ3n) is 3.75. The van der Waals surface area contributed by atoms with Crippen LogP contribution in [0.2, 0.25) is 5.02 Å². The molecule has 27 heavy (non-hydrogen) atoms. The third kappa shape index (κ3) is 5.79. The van der Waals surface area contributed by atoms with Crippen molar-refractivity contribution < 1.29 is 23.8 Å². The molecule has 0 saturated carbocycles. The maximum absolute atomic E-state index is 12.0. The van der Waals surface area contributed by atoms with Gasteiger partial charge in [-0.2, -0.15) is 0 Å². The van der Waals surface area contributed by atoms with Crippen LogP contribution in [0.15, 0.2) is 36.4 Å². The highest BCUT2D eigenvalue weighted by atomic mass is 35.5. The Hall–Kier alpha value is -2.93. The number of rotatable bonds is 9. The lowest BCUT2D eigenvalue weighted by atomic mass is 10.1. The second-order valence-electron chi connectivity index (χ2n) is 5.58. The molecule has 0 radical (unpaired) electrons. The molecule has 0 bridgehead atoms. The van der Waals surface area contributed by atoms with Crippen LogP contribution < -0.4 is 25.3 Å². The van der Waals surface area contributed by atoms with Gasteiger partial charge in [-0.25, -0.2) is 0 Å². The predicted molar refractivity (Wildman–Crippen MR) is 102 cm³/mol. The smallest absolute Gasteiger partial charge is 0.257 e. The zero-order valence-electron chi connectivity index (χ0n) is 15.1. The number of ether oxygens (including phenoxy) is 3. The highest BCUT2D eigenvalue weighted by Crippen LogP contribution is 2.27. The number of amides is 2. The maximum Gasteiger partial charge on any atom is 0.257 e. The Morgan fingerprint density at radius 3 is 2.41 bits per heavy atom. The minimum Gasteiger partial charge on any atom is -0.493 e. The largest absolute Gasteiger partial charge is 0.493 e. The summed E-state index contributed by atoms with van der Waals surface area (Å²) in [6, 6.07) is 10.0. The number of methoxy groups -OCH3 is 2. The second-order valence-corrected chi connectivity index (χ2v) is 6.02. The normalized spacial score (nSPS) is 10.2. The molecular formula is C19H21ClN2O5. The monoisotopic (exact) mass is 392 g/mol. The van der Waals surface area contributed by atoms with Crippen molar-refractivity contribution in [1.29, 1.82) is 0 Å². The van der Waals surface area contributed by atoms with E-state index in [4.69, 9.17) is 31.5 Å². The number of nitrogens with one attached hydrogen (secondary N) is 1. The first-order valence-electron chi connectivity index (χ1n) is 8.14. The molecule has 0 heterocycles. The molecule has 0 aliphatic rings. The van der Waals surface area contributed by atoms with Gasteiger partial charge in [0.2, 0.25) is 0 Å². The van der Waals surface area contributed by atoms with Gasteiger partial charge in [-0.15, -0.1) is 0 Å². The van der Waals surface area contributed by atoms with Crippen LogP contribution in [0.1, 0.15) is 15.9 Å². The fraction of sp³-hybridized carbons (Fsp3) is 0.263. The molecular weight excluding hydrogens is 372 g/mol. The number of hydrogen-bond donors (Lipinski definition) is 2. The van der Waals surface area contributed by atoms with Crippen LogP contribution in [0.3, 0.4) is 0 Å². The Morgan fingerprint density at radius 2 is 1.74 bits per heavy atom. The van der Waals surface area contributed by atoms with Crippen molar-refractivity contribution >= 4 is 23.4 Å². The third-order valence-corrected chi connectivity index (χ3v) is 3.98. The summed E-state index contributed by atoms with van der Waals surface area (Å²) in [5, 5.41) is 3.11. The van der Waals surface area contributed by atoms with Gasteiger partial charge in [0.1, 0.15) is 5.75 Å². The van der Waals surface area contributed by atoms with E-state index < -0.39 is 5.91 Å². The van der Waals surface area contributed by atoms with Gasteiger partial charge in [0.15, 0.2) is 18.1 Å². The van der Waals surface area contributed by atoms with Crippen LogP contribution in [-0.4, -0.2) is 39.2 Å². The van der Waals surface area contributed by atoms with Gasteiger partial charge in [-0.05, 0) is 42.3 Å². The van der Waals surface area contributed by atoms with Crippen LogP contribution in [0, 0.1) is 0 Å². The van der Waals surface area contributed by atoms with Crippen LogP contribution in [0.4, 0.5) is 0 Å². The predicted octanol–water partition coefficient (Wildman–Crippen LogP) is 2.19. The van der Waals surface area contributed by atoms with Gasteiger partial charge in [0, 0.05) is 11.6 Å². The zero-order valence-corrected chi connectivity index (χ0v) is 15.8. The van der Waals surface area contributed by atoms with Gasteiger partial charge in [-0.1, -0.05) is 17.7 Å². The molecule has 0 fully saturated rings. The van der Waals surface area contributed by atoms with Crippen molar-refractivity contribution in [3.05, 3.63) is 52.5 Å². The minimum atomic E-state index is -0.679. The molecule has 2 aromatic carbocycles. The topological polar surface area (TPSA) is 99.9 Å². The van der Waals surface area contributed by atoms with Crippen LogP contribution >= 0.6 is 11.6 Å². The van der Waals surface area contributed by atoms with Gasteiger partial charge in [-0.3, -0.25) is 9.59 Å². The molecule has 0 aromatic heterocycles. The SMILES string of the molecule is COc1ccc(CCNC(=O)COc2ccc(Cl)cc2C(N)=O)cc1OC. The van der Waals surface area contributed by atoms with Crippen LogP contribution in [-0.2, 0) is 11.2 Å². The lowest BCUT2D eigenvalue weighted by Crippen LogP contribution is -2.31. The molecule has 2 rings (SSSR count). The molecule has 0 aliphatic heterocycles. The van der Waals surface area contributed by atoms with Crippen molar-refractivity contribution in [2.45, 2.75) is 6.42 Å². The van der Waals surface area contributed by atoms with E-state index in [0.717, 1.165) is 5.56 Å². The number of primary amides is 1. The van der Waals surface area contributed by atoms with Crippen LogP contribution in [0.25, 0.3) is 0 Å². The molecule has 2 aromatic rings.